The molecule has 0 aliphatic carbocycles. The number of imidazole rings is 1. The molecule has 0 saturated carbocycles. The number of nitrogens with zero attached hydrogens (tertiary/aromatic N) is 4. The van der Waals surface area contributed by atoms with E-state index in [1.807, 2.05) is 0 Å². The van der Waals surface area contributed by atoms with Crippen molar-refractivity contribution in [2.75, 3.05) is 27.4 Å². The number of carbonyl (C=O) groups is 2. The molecular formula is C23H27N5O7. The lowest BCUT2D eigenvalue weighted by Gasteiger charge is -2.12. The molecule has 2 N–H and O–H groups in total. The first kappa shape index (κ1) is 24.2. The van der Waals surface area contributed by atoms with Gasteiger partial charge in [-0.3, -0.25) is 18.7 Å². The van der Waals surface area contributed by atoms with Gasteiger partial charge in [0, 0.05) is 12.7 Å². The van der Waals surface area contributed by atoms with Crippen molar-refractivity contribution in [3.8, 4) is 22.9 Å². The van der Waals surface area contributed by atoms with Gasteiger partial charge in [-0.15, -0.1) is 0 Å². The number of fused-ring (bicyclic) bond motifs is 1. The van der Waals surface area contributed by atoms with E-state index in [4.69, 9.17) is 24.7 Å². The number of amides is 1. The first-order chi connectivity index (χ1) is 16.9. The summed E-state index contributed by atoms with van der Waals surface area (Å²) in [5.41, 5.74) is 5.62. The van der Waals surface area contributed by atoms with E-state index in [0.29, 0.717) is 23.7 Å². The fourth-order valence-corrected chi connectivity index (χ4v) is 4.13. The highest BCUT2D eigenvalue weighted by molar-refractivity contribution is 6.02. The van der Waals surface area contributed by atoms with Crippen molar-refractivity contribution in [1.29, 1.82) is 0 Å². The van der Waals surface area contributed by atoms with Crippen LogP contribution in [0, 0.1) is 0 Å². The molecule has 1 aliphatic rings. The molecule has 0 spiro atoms. The number of hydrogen-bond donors (Lipinski definition) is 1. The lowest BCUT2D eigenvalue weighted by Crippen LogP contribution is -2.31. The molecule has 3 aromatic rings. The number of ether oxygens (including phenoxy) is 4. The topological polar surface area (TPSA) is 150 Å². The number of nitrogens with two attached hydrogens (primary N) is 1. The standard InChI is InChI=1S/C23H27N5O7/c1-4-34-17(29)12-27-19-18(20(24)30)25-21(15-8-7-13(32-2)10-16(15)33-3)26-22(19)28(23(27)31)11-14-6-5-9-35-14/h7-8,10,14H,4-6,9,11-12H2,1-3H3,(H2,24,30)/t14-/m1/s1. The van der Waals surface area contributed by atoms with Crippen molar-refractivity contribution in [3.05, 3.63) is 34.4 Å². The molecule has 1 saturated heterocycles. The van der Waals surface area contributed by atoms with E-state index in [1.165, 1.54) is 18.8 Å². The number of methoxy groups -OCH3 is 2. The minimum absolute atomic E-state index is 0.0600. The van der Waals surface area contributed by atoms with Crippen LogP contribution in [-0.4, -0.2) is 64.5 Å². The Labute approximate surface area is 200 Å². The number of carbonyl (C=O) groups excluding carboxylic acids is 2. The summed E-state index contributed by atoms with van der Waals surface area (Å²) in [4.78, 5) is 47.2. The van der Waals surface area contributed by atoms with E-state index < -0.39 is 24.1 Å². The summed E-state index contributed by atoms with van der Waals surface area (Å²) in [6.45, 7) is 2.17. The molecule has 12 heteroatoms. The monoisotopic (exact) mass is 485 g/mol. The average molecular weight is 485 g/mol. The lowest BCUT2D eigenvalue weighted by molar-refractivity contribution is -0.143. The number of hydrogen-bond acceptors (Lipinski definition) is 9. The zero-order chi connectivity index (χ0) is 25.1. The Hall–Kier alpha value is -3.93. The number of esters is 1. The maximum Gasteiger partial charge on any atom is 0.331 e. The van der Waals surface area contributed by atoms with Gasteiger partial charge in [0.1, 0.15) is 23.6 Å². The Morgan fingerprint density at radius 3 is 2.63 bits per heavy atom. The van der Waals surface area contributed by atoms with Gasteiger partial charge in [0.15, 0.2) is 17.2 Å². The summed E-state index contributed by atoms with van der Waals surface area (Å²) in [7, 11) is 3.01. The second kappa shape index (κ2) is 10.1. The van der Waals surface area contributed by atoms with Crippen LogP contribution in [0.3, 0.4) is 0 Å². The van der Waals surface area contributed by atoms with Crippen molar-refractivity contribution < 1.29 is 28.5 Å². The van der Waals surface area contributed by atoms with E-state index in [1.54, 1.807) is 25.1 Å². The molecule has 1 aromatic carbocycles. The summed E-state index contributed by atoms with van der Waals surface area (Å²) in [5.74, 6) is -0.434. The molecule has 1 aliphatic heterocycles. The van der Waals surface area contributed by atoms with Gasteiger partial charge in [-0.05, 0) is 31.9 Å². The van der Waals surface area contributed by atoms with Crippen molar-refractivity contribution in [2.24, 2.45) is 5.73 Å². The van der Waals surface area contributed by atoms with Crippen LogP contribution in [0.5, 0.6) is 11.5 Å². The normalized spacial score (nSPS) is 15.3. The van der Waals surface area contributed by atoms with Crippen LogP contribution in [0.15, 0.2) is 23.0 Å². The van der Waals surface area contributed by atoms with E-state index in [2.05, 4.69) is 9.97 Å². The largest absolute Gasteiger partial charge is 0.497 e. The molecule has 12 nitrogen and oxygen atoms in total. The molecule has 186 valence electrons. The van der Waals surface area contributed by atoms with Gasteiger partial charge < -0.3 is 24.7 Å². The zero-order valence-electron chi connectivity index (χ0n) is 19.8. The third-order valence-electron chi connectivity index (χ3n) is 5.74. The van der Waals surface area contributed by atoms with Gasteiger partial charge in [-0.2, -0.15) is 0 Å². The second-order valence-corrected chi connectivity index (χ2v) is 7.92. The molecular weight excluding hydrogens is 458 g/mol. The van der Waals surface area contributed by atoms with Gasteiger partial charge in [-0.1, -0.05) is 0 Å². The fraction of sp³-hybridized carbons (Fsp3) is 0.435. The first-order valence-corrected chi connectivity index (χ1v) is 11.2. The minimum Gasteiger partial charge on any atom is -0.497 e. The third-order valence-corrected chi connectivity index (χ3v) is 5.74. The Kier molecular flexibility index (Phi) is 7.01. The van der Waals surface area contributed by atoms with Crippen LogP contribution in [0.1, 0.15) is 30.3 Å². The highest BCUT2D eigenvalue weighted by Crippen LogP contribution is 2.32. The molecule has 4 rings (SSSR count). The number of rotatable bonds is 9. The van der Waals surface area contributed by atoms with Gasteiger partial charge in [0.05, 0.1) is 39.0 Å². The van der Waals surface area contributed by atoms with Gasteiger partial charge in [-0.25, -0.2) is 14.8 Å². The van der Waals surface area contributed by atoms with Crippen LogP contribution in [0.2, 0.25) is 0 Å². The average Bonchev–Trinajstić information content (AvgIpc) is 3.46. The van der Waals surface area contributed by atoms with Crippen molar-refractivity contribution in [1.82, 2.24) is 19.1 Å². The molecule has 1 amide bonds. The Balaban J connectivity index is 1.98. The predicted molar refractivity (Wildman–Crippen MR) is 124 cm³/mol. The summed E-state index contributed by atoms with van der Waals surface area (Å²) in [6.07, 6.45) is 1.43. The third kappa shape index (κ3) is 4.69. The smallest absolute Gasteiger partial charge is 0.331 e. The molecule has 35 heavy (non-hydrogen) atoms. The van der Waals surface area contributed by atoms with Crippen LogP contribution in [0.4, 0.5) is 0 Å². The second-order valence-electron chi connectivity index (χ2n) is 7.92. The maximum absolute atomic E-state index is 13.4. The lowest BCUT2D eigenvalue weighted by atomic mass is 10.1. The van der Waals surface area contributed by atoms with E-state index in [0.717, 1.165) is 17.4 Å². The van der Waals surface area contributed by atoms with Gasteiger partial charge in [0.2, 0.25) is 0 Å². The van der Waals surface area contributed by atoms with Crippen LogP contribution < -0.4 is 20.9 Å². The zero-order valence-corrected chi connectivity index (χ0v) is 19.8. The van der Waals surface area contributed by atoms with Crippen LogP contribution in [0.25, 0.3) is 22.6 Å². The summed E-state index contributed by atoms with van der Waals surface area (Å²) < 4.78 is 24.0. The summed E-state index contributed by atoms with van der Waals surface area (Å²) in [5, 5.41) is 0. The highest BCUT2D eigenvalue weighted by atomic mass is 16.5. The van der Waals surface area contributed by atoms with Crippen molar-refractivity contribution in [2.45, 2.75) is 39.0 Å². The molecule has 0 radical (unpaired) electrons. The molecule has 0 bridgehead atoms. The quantitative estimate of drug-likeness (QED) is 0.440. The molecule has 1 fully saturated rings. The van der Waals surface area contributed by atoms with E-state index >= 15 is 0 Å². The summed E-state index contributed by atoms with van der Waals surface area (Å²) >= 11 is 0. The van der Waals surface area contributed by atoms with Crippen molar-refractivity contribution in [3.63, 3.8) is 0 Å². The van der Waals surface area contributed by atoms with Crippen LogP contribution in [-0.2, 0) is 27.4 Å². The Morgan fingerprint density at radius 1 is 1.20 bits per heavy atom. The maximum atomic E-state index is 13.4. The predicted octanol–water partition coefficient (Wildman–Crippen LogP) is 1.12. The van der Waals surface area contributed by atoms with E-state index in [-0.39, 0.29) is 41.9 Å². The Morgan fingerprint density at radius 2 is 2.00 bits per heavy atom. The molecule has 1 atom stereocenters. The van der Waals surface area contributed by atoms with Crippen molar-refractivity contribution >= 4 is 23.0 Å². The highest BCUT2D eigenvalue weighted by Gasteiger charge is 2.28. The molecule has 0 unspecified atom stereocenters. The minimum atomic E-state index is -0.877. The number of aromatic nitrogens is 4. The fourth-order valence-electron chi connectivity index (χ4n) is 4.13. The van der Waals surface area contributed by atoms with Crippen LogP contribution >= 0.6 is 0 Å². The first-order valence-electron chi connectivity index (χ1n) is 11.2. The SMILES string of the molecule is CCOC(=O)Cn1c(=O)n(C[C@H]2CCCO2)c2nc(-c3ccc(OC)cc3OC)nc(C(N)=O)c21. The van der Waals surface area contributed by atoms with Gasteiger partial charge >= 0.3 is 11.7 Å². The number of benzene rings is 1. The molecule has 2 aromatic heterocycles. The number of primary amides is 1. The Bertz CT molecular complexity index is 1320. The summed E-state index contributed by atoms with van der Waals surface area (Å²) in [6, 6.07) is 5.03. The van der Waals surface area contributed by atoms with E-state index in [9.17, 15) is 14.4 Å². The molecule has 3 heterocycles. The van der Waals surface area contributed by atoms with Gasteiger partial charge in [0.25, 0.3) is 5.91 Å².